The molecule has 1 aromatic carbocycles. The number of carbonyl (C=O) groups is 1. The molecule has 0 saturated carbocycles. The number of nitrogens with one attached hydrogen (secondary N) is 1. The molecule has 0 fully saturated rings. The van der Waals surface area contributed by atoms with Crippen molar-refractivity contribution in [2.24, 2.45) is 0 Å². The molecule has 0 saturated heterocycles. The summed E-state index contributed by atoms with van der Waals surface area (Å²) in [5.74, 6) is 3.09. The van der Waals surface area contributed by atoms with Crippen LogP contribution < -0.4 is 10.1 Å². The lowest BCUT2D eigenvalue weighted by molar-refractivity contribution is -0.126. The third-order valence-electron chi connectivity index (χ3n) is 4.13. The number of fused-ring (bicyclic) bond motifs is 1. The molecule has 0 bridgehead atoms. The van der Waals surface area contributed by atoms with Gasteiger partial charge >= 0.3 is 0 Å². The Bertz CT molecular complexity index is 824. The molecule has 2 rings (SSSR count). The number of rotatable bonds is 6. The molecule has 0 aliphatic heterocycles. The Kier molecular flexibility index (Phi) is 5.97. The van der Waals surface area contributed by atoms with E-state index in [1.807, 2.05) is 52.1 Å². The summed E-state index contributed by atoms with van der Waals surface area (Å²) in [6, 6.07) is 5.67. The van der Waals surface area contributed by atoms with Gasteiger partial charge in [0, 0.05) is 22.7 Å². The second kappa shape index (κ2) is 7.79. The smallest absolute Gasteiger partial charge is 0.272 e. The van der Waals surface area contributed by atoms with E-state index in [4.69, 9.17) is 11.2 Å². The normalized spacial score (nSPS) is 12.5. The minimum Gasteiger partial charge on any atom is -0.470 e. The van der Waals surface area contributed by atoms with Gasteiger partial charge in [0.05, 0.1) is 5.52 Å². The number of aryl methyl sites for hydroxylation is 1. The number of carbonyl (C=O) groups excluding carboxylic acids is 1. The highest BCUT2D eigenvalue weighted by Crippen LogP contribution is 2.26. The highest BCUT2D eigenvalue weighted by atomic mass is 32.2. The summed E-state index contributed by atoms with van der Waals surface area (Å²) < 4.78 is 5.95. The number of thioether (sulfide) groups is 1. The van der Waals surface area contributed by atoms with Crippen LogP contribution in [0.25, 0.3) is 10.9 Å². The van der Waals surface area contributed by atoms with E-state index >= 15 is 0 Å². The largest absolute Gasteiger partial charge is 0.470 e. The van der Waals surface area contributed by atoms with Crippen molar-refractivity contribution in [3.63, 3.8) is 0 Å². The van der Waals surface area contributed by atoms with E-state index in [9.17, 15) is 4.79 Å². The van der Waals surface area contributed by atoms with E-state index < -0.39 is 5.44 Å². The van der Waals surface area contributed by atoms with Crippen LogP contribution in [0.15, 0.2) is 24.4 Å². The number of nitrogens with zero attached hydrogens (tertiary/aromatic N) is 1. The van der Waals surface area contributed by atoms with Gasteiger partial charge in [-0.05, 0) is 57.2 Å². The van der Waals surface area contributed by atoms with Gasteiger partial charge in [0.25, 0.3) is 5.91 Å². The van der Waals surface area contributed by atoms with Crippen molar-refractivity contribution in [2.75, 3.05) is 6.26 Å². The molecule has 25 heavy (non-hydrogen) atoms. The molecule has 2 aromatic rings. The van der Waals surface area contributed by atoms with Gasteiger partial charge < -0.3 is 10.1 Å². The summed E-state index contributed by atoms with van der Waals surface area (Å²) in [4.78, 5) is 16.9. The first-order chi connectivity index (χ1) is 11.8. The molecule has 5 heteroatoms. The molecule has 4 nitrogen and oxygen atoms in total. The lowest BCUT2D eigenvalue weighted by Crippen LogP contribution is -2.48. The topological polar surface area (TPSA) is 51.2 Å². The fourth-order valence-electron chi connectivity index (χ4n) is 2.36. The van der Waals surface area contributed by atoms with E-state index in [1.54, 1.807) is 6.20 Å². The van der Waals surface area contributed by atoms with Crippen molar-refractivity contribution in [3.8, 4) is 18.1 Å². The Morgan fingerprint density at radius 1 is 1.44 bits per heavy atom. The van der Waals surface area contributed by atoms with Gasteiger partial charge in [0.2, 0.25) is 5.44 Å². The zero-order valence-corrected chi connectivity index (χ0v) is 16.2. The maximum Gasteiger partial charge on any atom is 0.272 e. The molecule has 1 N–H and O–H groups in total. The van der Waals surface area contributed by atoms with Gasteiger partial charge in [0.1, 0.15) is 5.75 Å². The highest BCUT2D eigenvalue weighted by Gasteiger charge is 2.25. The average Bonchev–Trinajstić information content (AvgIpc) is 2.58. The molecule has 0 aliphatic rings. The summed E-state index contributed by atoms with van der Waals surface area (Å²) in [6.07, 6.45) is 9.83. The molecule has 1 heterocycles. The number of benzene rings is 1. The number of hydrogen-bond acceptors (Lipinski definition) is 4. The SMILES string of the molecule is C#Cc1cnc2c(C)cc(OC(SC)C(=O)NC(C)(C)CC)cc2c1. The van der Waals surface area contributed by atoms with Gasteiger partial charge in [-0.15, -0.1) is 18.2 Å². The maximum absolute atomic E-state index is 12.5. The summed E-state index contributed by atoms with van der Waals surface area (Å²) in [5.41, 5.74) is 1.69. The Labute approximate surface area is 153 Å². The van der Waals surface area contributed by atoms with Crippen LogP contribution in [0.3, 0.4) is 0 Å². The summed E-state index contributed by atoms with van der Waals surface area (Å²) in [7, 11) is 0. The Morgan fingerprint density at radius 2 is 2.16 bits per heavy atom. The molecular weight excluding hydrogens is 332 g/mol. The van der Waals surface area contributed by atoms with Crippen LogP contribution in [0.5, 0.6) is 5.75 Å². The molecule has 1 aromatic heterocycles. The minimum absolute atomic E-state index is 0.132. The molecule has 1 amide bonds. The zero-order chi connectivity index (χ0) is 18.6. The van der Waals surface area contributed by atoms with Crippen molar-refractivity contribution in [1.82, 2.24) is 10.3 Å². The van der Waals surface area contributed by atoms with Crippen molar-refractivity contribution < 1.29 is 9.53 Å². The summed E-state index contributed by atoms with van der Waals surface area (Å²) in [5, 5.41) is 3.93. The van der Waals surface area contributed by atoms with Crippen LogP contribution in [0.2, 0.25) is 0 Å². The Balaban J connectivity index is 2.28. The first-order valence-electron chi connectivity index (χ1n) is 8.18. The van der Waals surface area contributed by atoms with Crippen molar-refractivity contribution in [1.29, 1.82) is 0 Å². The van der Waals surface area contributed by atoms with Gasteiger partial charge in [-0.3, -0.25) is 9.78 Å². The predicted octanol–water partition coefficient (Wildman–Crippen LogP) is 3.90. The Hall–Kier alpha value is -2.19. The van der Waals surface area contributed by atoms with Gasteiger partial charge in [0.15, 0.2) is 0 Å². The minimum atomic E-state index is -0.619. The second-order valence-electron chi connectivity index (χ2n) is 6.59. The van der Waals surface area contributed by atoms with Gasteiger partial charge in [-0.1, -0.05) is 12.8 Å². The number of terminal acetylenes is 1. The number of amides is 1. The third-order valence-corrected chi connectivity index (χ3v) is 4.87. The van der Waals surface area contributed by atoms with Crippen molar-refractivity contribution in [2.45, 2.75) is 45.1 Å². The first-order valence-corrected chi connectivity index (χ1v) is 9.47. The van der Waals surface area contributed by atoms with Crippen LogP contribution in [0.4, 0.5) is 0 Å². The lowest BCUT2D eigenvalue weighted by Gasteiger charge is -2.27. The van der Waals surface area contributed by atoms with Crippen LogP contribution >= 0.6 is 11.8 Å². The summed E-state index contributed by atoms with van der Waals surface area (Å²) >= 11 is 1.36. The van der Waals surface area contributed by atoms with Crippen LogP contribution in [0, 0.1) is 19.3 Å². The number of hydrogen-bond donors (Lipinski definition) is 1. The average molecular weight is 356 g/mol. The molecule has 0 radical (unpaired) electrons. The summed E-state index contributed by atoms with van der Waals surface area (Å²) in [6.45, 7) is 8.00. The Morgan fingerprint density at radius 3 is 2.76 bits per heavy atom. The standard InChI is InChI=1S/C20H24N2O2S/c1-7-14-10-15-11-16(9-13(3)17(15)21-12-14)24-19(25-6)18(23)22-20(4,5)8-2/h1,9-12,19H,8H2,2-6H3,(H,22,23). The fourth-order valence-corrected chi connectivity index (χ4v) is 2.84. The molecule has 1 atom stereocenters. The van der Waals surface area contributed by atoms with Crippen molar-refractivity contribution >= 4 is 28.6 Å². The van der Waals surface area contributed by atoms with Crippen LogP contribution in [0.1, 0.15) is 38.3 Å². The van der Waals surface area contributed by atoms with E-state index in [-0.39, 0.29) is 11.4 Å². The number of aromatic nitrogens is 1. The van der Waals surface area contributed by atoms with Crippen LogP contribution in [-0.4, -0.2) is 28.1 Å². The monoisotopic (exact) mass is 356 g/mol. The molecule has 0 spiro atoms. The maximum atomic E-state index is 12.5. The third kappa shape index (κ3) is 4.67. The second-order valence-corrected chi connectivity index (χ2v) is 7.49. The zero-order valence-electron chi connectivity index (χ0n) is 15.3. The molecule has 1 unspecified atom stereocenters. The van der Waals surface area contributed by atoms with E-state index in [0.717, 1.165) is 22.9 Å². The van der Waals surface area contributed by atoms with Crippen molar-refractivity contribution in [3.05, 3.63) is 35.5 Å². The van der Waals surface area contributed by atoms with E-state index in [2.05, 4.69) is 16.2 Å². The first kappa shape index (κ1) is 19.1. The van der Waals surface area contributed by atoms with Gasteiger partial charge in [-0.25, -0.2) is 0 Å². The lowest BCUT2D eigenvalue weighted by atomic mass is 10.0. The fraction of sp³-hybridized carbons (Fsp3) is 0.400. The van der Waals surface area contributed by atoms with E-state index in [1.165, 1.54) is 11.8 Å². The molecular formula is C20H24N2O2S. The predicted molar refractivity (Wildman–Crippen MR) is 105 cm³/mol. The van der Waals surface area contributed by atoms with E-state index in [0.29, 0.717) is 11.3 Å². The number of pyridine rings is 1. The quantitative estimate of drug-likeness (QED) is 0.630. The molecule has 132 valence electrons. The number of ether oxygens (including phenoxy) is 1. The van der Waals surface area contributed by atoms with Gasteiger partial charge in [-0.2, -0.15) is 0 Å². The highest BCUT2D eigenvalue weighted by molar-refractivity contribution is 7.99. The van der Waals surface area contributed by atoms with Crippen LogP contribution in [-0.2, 0) is 4.79 Å². The molecule has 0 aliphatic carbocycles.